The van der Waals surface area contributed by atoms with Crippen LogP contribution in [0.15, 0.2) is 18.2 Å². The Morgan fingerprint density at radius 3 is 2.80 bits per heavy atom. The van der Waals surface area contributed by atoms with E-state index in [-0.39, 0.29) is 5.78 Å². The molecule has 4 N–H and O–H groups in total. The molecule has 4 nitrogen and oxygen atoms in total. The van der Waals surface area contributed by atoms with E-state index in [9.17, 15) is 4.79 Å². The van der Waals surface area contributed by atoms with Crippen LogP contribution in [0.25, 0.3) is 0 Å². The molecule has 0 amide bonds. The van der Waals surface area contributed by atoms with Crippen LogP contribution in [0.4, 0.5) is 11.4 Å². The van der Waals surface area contributed by atoms with Gasteiger partial charge in [0, 0.05) is 12.0 Å². The van der Waals surface area contributed by atoms with E-state index in [4.69, 9.17) is 11.5 Å². The number of carbonyl (C=O) groups excluding carboxylic acids is 1. The van der Waals surface area contributed by atoms with E-state index < -0.39 is 0 Å². The van der Waals surface area contributed by atoms with Gasteiger partial charge in [-0.25, -0.2) is 0 Å². The summed E-state index contributed by atoms with van der Waals surface area (Å²) in [5.74, 6) is 0.851. The van der Waals surface area contributed by atoms with Gasteiger partial charge in [0.1, 0.15) is 0 Å². The average molecular weight is 275 g/mol. The van der Waals surface area contributed by atoms with Crippen LogP contribution in [0.5, 0.6) is 0 Å². The SMILES string of the molecule is CN1CCCC(CCC(=O)c2ccc(N)c(N)c2)CC1. The van der Waals surface area contributed by atoms with Gasteiger partial charge in [-0.3, -0.25) is 4.79 Å². The van der Waals surface area contributed by atoms with Crippen LogP contribution in [0.2, 0.25) is 0 Å². The van der Waals surface area contributed by atoms with Crippen molar-refractivity contribution in [2.45, 2.75) is 32.1 Å². The topological polar surface area (TPSA) is 72.3 Å². The second-order valence-electron chi connectivity index (χ2n) is 5.91. The van der Waals surface area contributed by atoms with E-state index in [0.29, 0.717) is 29.3 Å². The van der Waals surface area contributed by atoms with Gasteiger partial charge in [-0.1, -0.05) is 0 Å². The molecule has 1 aromatic carbocycles. The van der Waals surface area contributed by atoms with Crippen molar-refractivity contribution >= 4 is 17.2 Å². The van der Waals surface area contributed by atoms with Crippen LogP contribution in [-0.4, -0.2) is 30.8 Å². The third-order valence-corrected chi connectivity index (χ3v) is 4.26. The largest absolute Gasteiger partial charge is 0.397 e. The summed E-state index contributed by atoms with van der Waals surface area (Å²) in [6.45, 7) is 2.33. The molecule has 1 saturated heterocycles. The number of nitrogen functional groups attached to an aromatic ring is 2. The lowest BCUT2D eigenvalue weighted by Gasteiger charge is -2.14. The van der Waals surface area contributed by atoms with Gasteiger partial charge in [0.05, 0.1) is 11.4 Å². The molecule has 1 fully saturated rings. The number of nitrogens with two attached hydrogens (primary N) is 2. The van der Waals surface area contributed by atoms with Gasteiger partial charge in [-0.15, -0.1) is 0 Å². The van der Waals surface area contributed by atoms with Crippen LogP contribution in [0.1, 0.15) is 42.5 Å². The Labute approximate surface area is 121 Å². The van der Waals surface area contributed by atoms with E-state index in [2.05, 4.69) is 11.9 Å². The Morgan fingerprint density at radius 1 is 1.25 bits per heavy atom. The molecule has 1 aromatic rings. The standard InChI is InChI=1S/C16H25N3O/c1-19-9-2-3-12(8-10-19)4-7-16(20)13-5-6-14(17)15(18)11-13/h5-6,11-12H,2-4,7-10,17-18H2,1H3. The maximum absolute atomic E-state index is 12.2. The Hall–Kier alpha value is -1.55. The first kappa shape index (κ1) is 14.9. The first-order valence-corrected chi connectivity index (χ1v) is 7.43. The van der Waals surface area contributed by atoms with Gasteiger partial charge in [-0.05, 0) is 69.9 Å². The third kappa shape index (κ3) is 3.97. The summed E-state index contributed by atoms with van der Waals surface area (Å²) in [4.78, 5) is 14.6. The number of Topliss-reactive ketones (excluding diaryl/α,β-unsaturated/α-hetero) is 1. The van der Waals surface area contributed by atoms with E-state index in [1.807, 2.05) is 0 Å². The number of rotatable bonds is 4. The Bertz CT molecular complexity index is 473. The highest BCUT2D eigenvalue weighted by molar-refractivity contribution is 5.97. The molecule has 2 rings (SSSR count). The molecule has 4 heteroatoms. The summed E-state index contributed by atoms with van der Waals surface area (Å²) in [6, 6.07) is 5.18. The Balaban J connectivity index is 1.86. The minimum atomic E-state index is 0.175. The van der Waals surface area contributed by atoms with Crippen LogP contribution in [0, 0.1) is 5.92 Å². The van der Waals surface area contributed by atoms with Gasteiger partial charge in [-0.2, -0.15) is 0 Å². The van der Waals surface area contributed by atoms with E-state index in [1.54, 1.807) is 18.2 Å². The normalized spacial score (nSPS) is 20.6. The molecular weight excluding hydrogens is 250 g/mol. The fourth-order valence-corrected chi connectivity index (χ4v) is 2.83. The van der Waals surface area contributed by atoms with Crippen LogP contribution < -0.4 is 11.5 Å². The Kier molecular flexibility index (Phi) is 5.01. The van der Waals surface area contributed by atoms with Gasteiger partial charge in [0.2, 0.25) is 0 Å². The molecule has 1 unspecified atom stereocenters. The third-order valence-electron chi connectivity index (χ3n) is 4.26. The fraction of sp³-hybridized carbons (Fsp3) is 0.562. The lowest BCUT2D eigenvalue weighted by molar-refractivity contribution is 0.0972. The number of anilines is 2. The average Bonchev–Trinajstić information content (AvgIpc) is 2.64. The predicted octanol–water partition coefficient (Wildman–Crippen LogP) is 2.55. The number of nitrogens with zero attached hydrogens (tertiary/aromatic N) is 1. The number of carbonyl (C=O) groups is 1. The zero-order valence-corrected chi connectivity index (χ0v) is 12.3. The van der Waals surface area contributed by atoms with Crippen LogP contribution in [-0.2, 0) is 0 Å². The quantitative estimate of drug-likeness (QED) is 0.654. The van der Waals surface area contributed by atoms with Gasteiger partial charge >= 0.3 is 0 Å². The predicted molar refractivity (Wildman–Crippen MR) is 83.7 cm³/mol. The summed E-state index contributed by atoms with van der Waals surface area (Å²) in [7, 11) is 2.17. The number of likely N-dealkylation sites (tertiary alicyclic amines) is 1. The zero-order chi connectivity index (χ0) is 14.5. The number of hydrogen-bond donors (Lipinski definition) is 2. The second kappa shape index (κ2) is 6.75. The number of hydrogen-bond acceptors (Lipinski definition) is 4. The molecule has 1 aliphatic heterocycles. The zero-order valence-electron chi connectivity index (χ0n) is 12.3. The van der Waals surface area contributed by atoms with Crippen molar-refractivity contribution in [3.63, 3.8) is 0 Å². The fourth-order valence-electron chi connectivity index (χ4n) is 2.83. The highest BCUT2D eigenvalue weighted by atomic mass is 16.1. The van der Waals surface area contributed by atoms with E-state index in [0.717, 1.165) is 13.0 Å². The van der Waals surface area contributed by atoms with Gasteiger partial charge in [0.25, 0.3) is 0 Å². The second-order valence-corrected chi connectivity index (χ2v) is 5.91. The molecule has 1 heterocycles. The van der Waals surface area contributed by atoms with Crippen molar-refractivity contribution < 1.29 is 4.79 Å². The molecule has 1 aliphatic rings. The minimum absolute atomic E-state index is 0.175. The first-order chi connectivity index (χ1) is 9.56. The summed E-state index contributed by atoms with van der Waals surface area (Å²) in [5, 5.41) is 0. The van der Waals surface area contributed by atoms with Crippen LogP contribution in [0.3, 0.4) is 0 Å². The summed E-state index contributed by atoms with van der Waals surface area (Å²) in [5.41, 5.74) is 13.1. The molecule has 20 heavy (non-hydrogen) atoms. The molecule has 0 aromatic heterocycles. The summed E-state index contributed by atoms with van der Waals surface area (Å²) < 4.78 is 0. The van der Waals surface area contributed by atoms with Crippen molar-refractivity contribution in [2.24, 2.45) is 5.92 Å². The van der Waals surface area contributed by atoms with Gasteiger partial charge < -0.3 is 16.4 Å². The molecule has 110 valence electrons. The number of ketones is 1. The van der Waals surface area contributed by atoms with Crippen LogP contribution >= 0.6 is 0 Å². The maximum Gasteiger partial charge on any atom is 0.162 e. The van der Waals surface area contributed by atoms with E-state index in [1.165, 1.54) is 25.8 Å². The van der Waals surface area contributed by atoms with Crippen molar-refractivity contribution in [3.8, 4) is 0 Å². The highest BCUT2D eigenvalue weighted by Crippen LogP contribution is 2.23. The van der Waals surface area contributed by atoms with Crippen molar-refractivity contribution in [3.05, 3.63) is 23.8 Å². The molecule has 0 bridgehead atoms. The van der Waals surface area contributed by atoms with Crippen molar-refractivity contribution in [1.29, 1.82) is 0 Å². The van der Waals surface area contributed by atoms with Crippen molar-refractivity contribution in [1.82, 2.24) is 4.90 Å². The summed E-state index contributed by atoms with van der Waals surface area (Å²) >= 11 is 0. The molecule has 0 radical (unpaired) electrons. The van der Waals surface area contributed by atoms with Crippen molar-refractivity contribution in [2.75, 3.05) is 31.6 Å². The van der Waals surface area contributed by atoms with E-state index >= 15 is 0 Å². The monoisotopic (exact) mass is 275 g/mol. The molecule has 0 spiro atoms. The Morgan fingerprint density at radius 2 is 2.05 bits per heavy atom. The lowest BCUT2D eigenvalue weighted by atomic mass is 9.93. The highest BCUT2D eigenvalue weighted by Gasteiger charge is 2.16. The molecular formula is C16H25N3O. The minimum Gasteiger partial charge on any atom is -0.397 e. The maximum atomic E-state index is 12.2. The molecule has 1 atom stereocenters. The smallest absolute Gasteiger partial charge is 0.162 e. The molecule has 0 saturated carbocycles. The first-order valence-electron chi connectivity index (χ1n) is 7.43. The number of benzene rings is 1. The summed E-state index contributed by atoms with van der Waals surface area (Å²) in [6.07, 6.45) is 5.27. The lowest BCUT2D eigenvalue weighted by Crippen LogP contribution is -2.18. The molecule has 0 aliphatic carbocycles. The van der Waals surface area contributed by atoms with Gasteiger partial charge in [0.15, 0.2) is 5.78 Å².